The molecule has 0 aliphatic carbocycles. The molecule has 0 radical (unpaired) electrons. The molecule has 0 saturated carbocycles. The summed E-state index contributed by atoms with van der Waals surface area (Å²) in [6, 6.07) is 1.48. The summed E-state index contributed by atoms with van der Waals surface area (Å²) in [6.07, 6.45) is -6.99. The molecule has 1 heterocycles. The summed E-state index contributed by atoms with van der Waals surface area (Å²) < 4.78 is 68.8. The highest BCUT2D eigenvalue weighted by Gasteiger charge is 2.52. The molecule has 1 unspecified atom stereocenters. The Morgan fingerprint density at radius 2 is 1.69 bits per heavy atom. The number of carbonyl (C=O) groups is 1. The normalized spacial score (nSPS) is 20.1. The predicted molar refractivity (Wildman–Crippen MR) is 85.2 cm³/mol. The smallest absolute Gasteiger partial charge is 0.480 e. The van der Waals surface area contributed by atoms with Gasteiger partial charge in [0.1, 0.15) is 17.1 Å². The SMILES string of the molecule is CC(Oc1cc(B2OC(C)(C)C(C)(C)O2)c(F)cc1C(=O)O)C(F)(F)F. The minimum Gasteiger partial charge on any atom is -0.480 e. The summed E-state index contributed by atoms with van der Waals surface area (Å²) >= 11 is 0. The largest absolute Gasteiger partial charge is 0.497 e. The van der Waals surface area contributed by atoms with Gasteiger partial charge in [-0.2, -0.15) is 13.2 Å². The van der Waals surface area contributed by atoms with Crippen LogP contribution in [0.5, 0.6) is 5.75 Å². The average Bonchev–Trinajstić information content (AvgIpc) is 2.67. The van der Waals surface area contributed by atoms with E-state index >= 15 is 0 Å². The van der Waals surface area contributed by atoms with Crippen molar-refractivity contribution in [3.05, 3.63) is 23.5 Å². The molecule has 2 rings (SSSR count). The quantitative estimate of drug-likeness (QED) is 0.644. The zero-order chi connectivity index (χ0) is 20.1. The number of hydrogen-bond acceptors (Lipinski definition) is 4. The Morgan fingerprint density at radius 1 is 1.19 bits per heavy atom. The van der Waals surface area contributed by atoms with Gasteiger partial charge in [-0.15, -0.1) is 0 Å². The van der Waals surface area contributed by atoms with Crippen LogP contribution in [-0.4, -0.2) is 41.7 Å². The average molecular weight is 378 g/mol. The van der Waals surface area contributed by atoms with Crippen LogP contribution in [0.4, 0.5) is 17.6 Å². The molecule has 1 aromatic carbocycles. The van der Waals surface area contributed by atoms with Crippen molar-refractivity contribution < 1.29 is 41.5 Å². The minimum absolute atomic E-state index is 0.238. The highest BCUT2D eigenvalue weighted by atomic mass is 19.4. The lowest BCUT2D eigenvalue weighted by Gasteiger charge is -2.32. The van der Waals surface area contributed by atoms with Crippen LogP contribution in [0.2, 0.25) is 0 Å². The van der Waals surface area contributed by atoms with Crippen LogP contribution in [0.3, 0.4) is 0 Å². The van der Waals surface area contributed by atoms with E-state index in [-0.39, 0.29) is 5.46 Å². The molecule has 1 aliphatic heterocycles. The molecular formula is C16H19BF4O5. The number of halogens is 4. The van der Waals surface area contributed by atoms with Gasteiger partial charge >= 0.3 is 19.3 Å². The second-order valence-electron chi connectivity index (χ2n) is 7.06. The van der Waals surface area contributed by atoms with Crippen molar-refractivity contribution in [1.82, 2.24) is 0 Å². The summed E-state index contributed by atoms with van der Waals surface area (Å²) in [5.74, 6) is -3.21. The lowest BCUT2D eigenvalue weighted by Crippen LogP contribution is -2.41. The fraction of sp³-hybridized carbons (Fsp3) is 0.562. The van der Waals surface area contributed by atoms with Crippen LogP contribution in [0.15, 0.2) is 12.1 Å². The molecule has 1 atom stereocenters. The van der Waals surface area contributed by atoms with Gasteiger partial charge in [0.15, 0.2) is 6.10 Å². The molecular weight excluding hydrogens is 359 g/mol. The van der Waals surface area contributed by atoms with Crippen molar-refractivity contribution >= 4 is 18.6 Å². The number of alkyl halides is 3. The first-order valence-corrected chi connectivity index (χ1v) is 7.81. The molecule has 1 fully saturated rings. The van der Waals surface area contributed by atoms with Crippen molar-refractivity contribution in [1.29, 1.82) is 0 Å². The van der Waals surface area contributed by atoms with Gasteiger partial charge in [0.25, 0.3) is 0 Å². The van der Waals surface area contributed by atoms with Gasteiger partial charge in [-0.3, -0.25) is 0 Å². The maximum absolute atomic E-state index is 14.4. The molecule has 26 heavy (non-hydrogen) atoms. The Morgan fingerprint density at radius 3 is 2.12 bits per heavy atom. The third kappa shape index (κ3) is 3.80. The molecule has 1 aliphatic rings. The third-order valence-electron chi connectivity index (χ3n) is 4.60. The maximum atomic E-state index is 14.4. The van der Waals surface area contributed by atoms with E-state index in [1.54, 1.807) is 27.7 Å². The molecule has 1 N–H and O–H groups in total. The molecule has 0 bridgehead atoms. The first-order valence-electron chi connectivity index (χ1n) is 7.81. The van der Waals surface area contributed by atoms with Crippen molar-refractivity contribution in [2.45, 2.75) is 58.1 Å². The zero-order valence-corrected chi connectivity index (χ0v) is 14.9. The summed E-state index contributed by atoms with van der Waals surface area (Å²) in [4.78, 5) is 11.3. The number of carboxylic acids is 1. The third-order valence-corrected chi connectivity index (χ3v) is 4.60. The van der Waals surface area contributed by atoms with Crippen LogP contribution in [0.25, 0.3) is 0 Å². The van der Waals surface area contributed by atoms with Crippen molar-refractivity contribution in [3.8, 4) is 5.75 Å². The van der Waals surface area contributed by atoms with Crippen LogP contribution in [0, 0.1) is 5.82 Å². The minimum atomic E-state index is -4.71. The van der Waals surface area contributed by atoms with E-state index in [9.17, 15) is 22.4 Å². The first-order chi connectivity index (χ1) is 11.7. The Bertz CT molecular complexity index is 701. The number of hydrogen-bond donors (Lipinski definition) is 1. The van der Waals surface area contributed by atoms with E-state index < -0.39 is 53.7 Å². The number of ether oxygens (including phenoxy) is 1. The summed E-state index contributed by atoms with van der Waals surface area (Å²) in [5.41, 5.74) is -2.58. The van der Waals surface area contributed by atoms with Crippen molar-refractivity contribution in [3.63, 3.8) is 0 Å². The first kappa shape index (κ1) is 20.5. The molecule has 1 saturated heterocycles. The maximum Gasteiger partial charge on any atom is 0.497 e. The van der Waals surface area contributed by atoms with Gasteiger partial charge in [0.2, 0.25) is 0 Å². The van der Waals surface area contributed by atoms with Crippen LogP contribution < -0.4 is 10.2 Å². The van der Waals surface area contributed by atoms with Crippen LogP contribution >= 0.6 is 0 Å². The number of benzene rings is 1. The van der Waals surface area contributed by atoms with Gasteiger partial charge in [0, 0.05) is 5.46 Å². The van der Waals surface area contributed by atoms with Crippen LogP contribution in [-0.2, 0) is 9.31 Å². The van der Waals surface area contributed by atoms with Gasteiger partial charge in [-0.05, 0) is 46.8 Å². The zero-order valence-electron chi connectivity index (χ0n) is 14.9. The monoisotopic (exact) mass is 378 g/mol. The number of carboxylic acid groups (broad SMARTS) is 1. The van der Waals surface area contributed by atoms with Crippen LogP contribution in [0.1, 0.15) is 45.0 Å². The molecule has 0 aromatic heterocycles. The second-order valence-corrected chi connectivity index (χ2v) is 7.06. The van der Waals surface area contributed by atoms with Crippen molar-refractivity contribution in [2.24, 2.45) is 0 Å². The summed E-state index contributed by atoms with van der Waals surface area (Å²) in [6.45, 7) is 7.61. The van der Waals surface area contributed by atoms with E-state index in [0.29, 0.717) is 6.07 Å². The van der Waals surface area contributed by atoms with E-state index in [0.717, 1.165) is 13.0 Å². The molecule has 144 valence electrons. The molecule has 0 spiro atoms. The van der Waals surface area contributed by atoms with Crippen molar-refractivity contribution in [2.75, 3.05) is 0 Å². The Labute approximate surface area is 148 Å². The van der Waals surface area contributed by atoms with E-state index in [1.807, 2.05) is 0 Å². The fourth-order valence-corrected chi connectivity index (χ4v) is 2.24. The van der Waals surface area contributed by atoms with Gasteiger partial charge in [0.05, 0.1) is 11.2 Å². The Hall–Kier alpha value is -1.81. The fourth-order valence-electron chi connectivity index (χ4n) is 2.24. The number of rotatable bonds is 4. The molecule has 0 amide bonds. The van der Waals surface area contributed by atoms with E-state index in [1.165, 1.54) is 0 Å². The topological polar surface area (TPSA) is 65.0 Å². The van der Waals surface area contributed by atoms with E-state index in [4.69, 9.17) is 19.2 Å². The number of aromatic carboxylic acids is 1. The van der Waals surface area contributed by atoms with Gasteiger partial charge < -0.3 is 19.2 Å². The second kappa shape index (κ2) is 6.42. The standard InChI is InChI=1S/C16H19BF4O5/c1-8(16(19,20)21)24-12-7-10(11(18)6-9(12)13(22)23)17-25-14(2,3)15(4,5)26-17/h6-8H,1-5H3,(H,22,23). The van der Waals surface area contributed by atoms with E-state index in [2.05, 4.69) is 0 Å². The molecule has 10 heteroatoms. The molecule has 1 aromatic rings. The Kier molecular flexibility index (Phi) is 5.06. The summed E-state index contributed by atoms with van der Waals surface area (Å²) in [5, 5.41) is 9.14. The molecule has 5 nitrogen and oxygen atoms in total. The highest BCUT2D eigenvalue weighted by Crippen LogP contribution is 2.37. The lowest BCUT2D eigenvalue weighted by atomic mass is 9.78. The van der Waals surface area contributed by atoms with Gasteiger partial charge in [-0.25, -0.2) is 9.18 Å². The lowest BCUT2D eigenvalue weighted by molar-refractivity contribution is -0.189. The van der Waals surface area contributed by atoms with Gasteiger partial charge in [-0.1, -0.05) is 0 Å². The Balaban J connectivity index is 2.46. The predicted octanol–water partition coefficient (Wildman–Crippen LogP) is 3.15. The summed E-state index contributed by atoms with van der Waals surface area (Å²) in [7, 11) is -1.22. The highest BCUT2D eigenvalue weighted by molar-refractivity contribution is 6.62.